The van der Waals surface area contributed by atoms with E-state index < -0.39 is 0 Å². The molecule has 0 fully saturated rings. The molecule has 0 saturated heterocycles. The summed E-state index contributed by atoms with van der Waals surface area (Å²) in [5.41, 5.74) is 2.62. The molecule has 0 spiro atoms. The lowest BCUT2D eigenvalue weighted by Gasteiger charge is -2.30. The lowest BCUT2D eigenvalue weighted by molar-refractivity contribution is 0.182. The fourth-order valence-electron chi connectivity index (χ4n) is 3.68. The Morgan fingerprint density at radius 3 is 2.28 bits per heavy atom. The first-order valence-corrected chi connectivity index (χ1v) is 10.4. The molecule has 0 radical (unpaired) electrons. The van der Waals surface area contributed by atoms with E-state index in [1.807, 2.05) is 30.3 Å². The molecule has 0 atom stereocenters. The summed E-state index contributed by atoms with van der Waals surface area (Å²) in [5, 5.41) is 6.90. The van der Waals surface area contributed by atoms with Crippen LogP contribution in [0.3, 0.4) is 0 Å². The molecule has 29 heavy (non-hydrogen) atoms. The van der Waals surface area contributed by atoms with Gasteiger partial charge in [-0.25, -0.2) is 15.0 Å². The molecule has 2 heterocycles. The third-order valence-electron chi connectivity index (χ3n) is 5.01. The number of rotatable bonds is 9. The topological polar surface area (TPSA) is 70.9 Å². The summed E-state index contributed by atoms with van der Waals surface area (Å²) in [6.45, 7) is 14.9. The van der Waals surface area contributed by atoms with Gasteiger partial charge in [-0.2, -0.15) is 0 Å². The molecule has 0 bridgehead atoms. The van der Waals surface area contributed by atoms with Crippen LogP contribution in [-0.2, 0) is 0 Å². The van der Waals surface area contributed by atoms with Crippen LogP contribution in [0.5, 0.6) is 0 Å². The van der Waals surface area contributed by atoms with Gasteiger partial charge in [0.05, 0.1) is 0 Å². The maximum Gasteiger partial charge on any atom is 0.210 e. The number of hydrogen-bond acceptors (Lipinski definition) is 6. The summed E-state index contributed by atoms with van der Waals surface area (Å²) >= 11 is 0. The predicted molar refractivity (Wildman–Crippen MR) is 121 cm³/mol. The van der Waals surface area contributed by atoms with Crippen molar-refractivity contribution >= 4 is 28.6 Å². The second kappa shape index (κ2) is 9.22. The van der Waals surface area contributed by atoms with E-state index in [2.05, 4.69) is 71.6 Å². The van der Waals surface area contributed by atoms with E-state index in [1.165, 1.54) is 0 Å². The number of nitrogens with zero attached hydrogens (tertiary/aromatic N) is 5. The van der Waals surface area contributed by atoms with E-state index in [0.717, 1.165) is 41.7 Å². The number of aromatic nitrogens is 4. The SMILES string of the molecule is CC(C)N(CCNc1ncnc2c1nc(Nc1ccccc1)n2C(C)C)C(C)C. The Morgan fingerprint density at radius 2 is 1.66 bits per heavy atom. The Hall–Kier alpha value is -2.67. The molecular formula is C22H33N7. The van der Waals surface area contributed by atoms with Gasteiger partial charge < -0.3 is 10.6 Å². The molecule has 0 saturated carbocycles. The minimum atomic E-state index is 0.214. The molecule has 2 N–H and O–H groups in total. The van der Waals surface area contributed by atoms with Crippen molar-refractivity contribution in [3.63, 3.8) is 0 Å². The molecule has 1 aromatic carbocycles. The van der Waals surface area contributed by atoms with Crippen LogP contribution in [0.25, 0.3) is 11.2 Å². The highest BCUT2D eigenvalue weighted by Crippen LogP contribution is 2.28. The molecule has 0 aliphatic rings. The number of para-hydroxylation sites is 1. The zero-order valence-electron chi connectivity index (χ0n) is 18.3. The van der Waals surface area contributed by atoms with E-state index in [9.17, 15) is 0 Å². The summed E-state index contributed by atoms with van der Waals surface area (Å²) in [6, 6.07) is 11.3. The summed E-state index contributed by atoms with van der Waals surface area (Å²) in [5.74, 6) is 1.55. The fraction of sp³-hybridized carbons (Fsp3) is 0.500. The average molecular weight is 396 g/mol. The maximum atomic E-state index is 4.85. The summed E-state index contributed by atoms with van der Waals surface area (Å²) in [6.07, 6.45) is 1.61. The number of nitrogens with one attached hydrogen (secondary N) is 2. The van der Waals surface area contributed by atoms with Crippen LogP contribution < -0.4 is 10.6 Å². The summed E-state index contributed by atoms with van der Waals surface area (Å²) in [4.78, 5) is 16.3. The zero-order chi connectivity index (χ0) is 21.0. The van der Waals surface area contributed by atoms with E-state index in [0.29, 0.717) is 12.1 Å². The Labute approximate surface area is 173 Å². The minimum absolute atomic E-state index is 0.214. The second-order valence-electron chi connectivity index (χ2n) is 8.14. The van der Waals surface area contributed by atoms with E-state index in [1.54, 1.807) is 6.33 Å². The van der Waals surface area contributed by atoms with Crippen LogP contribution in [0.4, 0.5) is 17.5 Å². The zero-order valence-corrected chi connectivity index (χ0v) is 18.3. The van der Waals surface area contributed by atoms with Crippen LogP contribution in [0.2, 0.25) is 0 Å². The van der Waals surface area contributed by atoms with Gasteiger partial charge in [0.15, 0.2) is 17.0 Å². The molecule has 156 valence electrons. The molecule has 0 aliphatic heterocycles. The van der Waals surface area contributed by atoms with Crippen molar-refractivity contribution in [2.75, 3.05) is 23.7 Å². The van der Waals surface area contributed by atoms with Gasteiger partial charge in [0.25, 0.3) is 0 Å². The van der Waals surface area contributed by atoms with Gasteiger partial charge in [0, 0.05) is 36.9 Å². The number of imidazole rings is 1. The summed E-state index contributed by atoms with van der Waals surface area (Å²) in [7, 11) is 0. The maximum absolute atomic E-state index is 4.85. The molecule has 0 unspecified atom stereocenters. The monoisotopic (exact) mass is 395 g/mol. The Morgan fingerprint density at radius 1 is 0.966 bits per heavy atom. The average Bonchev–Trinajstić information content (AvgIpc) is 3.04. The van der Waals surface area contributed by atoms with Gasteiger partial charge in [-0.15, -0.1) is 0 Å². The molecule has 0 aliphatic carbocycles. The van der Waals surface area contributed by atoms with Crippen molar-refractivity contribution in [1.29, 1.82) is 0 Å². The second-order valence-corrected chi connectivity index (χ2v) is 8.14. The number of anilines is 3. The third kappa shape index (κ3) is 4.85. The normalized spacial score (nSPS) is 11.9. The lowest BCUT2D eigenvalue weighted by atomic mass is 10.2. The molecule has 3 aromatic rings. The van der Waals surface area contributed by atoms with Crippen molar-refractivity contribution < 1.29 is 0 Å². The van der Waals surface area contributed by atoms with E-state index in [-0.39, 0.29) is 6.04 Å². The number of fused-ring (bicyclic) bond motifs is 1. The van der Waals surface area contributed by atoms with Gasteiger partial charge in [-0.1, -0.05) is 18.2 Å². The lowest BCUT2D eigenvalue weighted by Crippen LogP contribution is -2.40. The van der Waals surface area contributed by atoms with Crippen molar-refractivity contribution in [2.24, 2.45) is 0 Å². The van der Waals surface area contributed by atoms with Crippen LogP contribution in [0, 0.1) is 0 Å². The van der Waals surface area contributed by atoms with Crippen molar-refractivity contribution in [3.8, 4) is 0 Å². The van der Waals surface area contributed by atoms with Crippen LogP contribution in [0.15, 0.2) is 36.7 Å². The summed E-state index contributed by atoms with van der Waals surface area (Å²) < 4.78 is 2.11. The quantitative estimate of drug-likeness (QED) is 0.548. The standard InChI is InChI=1S/C22H33N7/c1-15(2)28(16(3)4)13-12-23-20-19-21(25-14-24-20)29(17(5)6)22(27-19)26-18-10-8-7-9-11-18/h7-11,14-17H,12-13H2,1-6H3,(H,26,27)(H,23,24,25). The molecule has 2 aromatic heterocycles. The first-order chi connectivity index (χ1) is 13.9. The van der Waals surface area contributed by atoms with Gasteiger partial charge in [-0.05, 0) is 53.7 Å². The Balaban J connectivity index is 1.87. The van der Waals surface area contributed by atoms with Crippen molar-refractivity contribution in [2.45, 2.75) is 59.7 Å². The molecule has 0 amide bonds. The van der Waals surface area contributed by atoms with Gasteiger partial charge in [0.2, 0.25) is 5.95 Å². The minimum Gasteiger partial charge on any atom is -0.367 e. The van der Waals surface area contributed by atoms with Crippen molar-refractivity contribution in [3.05, 3.63) is 36.7 Å². The van der Waals surface area contributed by atoms with E-state index in [4.69, 9.17) is 4.98 Å². The number of benzene rings is 1. The predicted octanol–water partition coefficient (Wildman–Crippen LogP) is 4.68. The first-order valence-electron chi connectivity index (χ1n) is 10.4. The highest BCUT2D eigenvalue weighted by molar-refractivity contribution is 5.86. The smallest absolute Gasteiger partial charge is 0.210 e. The Bertz CT molecular complexity index is 908. The molecule has 3 rings (SSSR count). The molecular weight excluding hydrogens is 362 g/mol. The molecule has 7 heteroatoms. The third-order valence-corrected chi connectivity index (χ3v) is 5.01. The van der Waals surface area contributed by atoms with Crippen LogP contribution in [0.1, 0.15) is 47.6 Å². The highest BCUT2D eigenvalue weighted by atomic mass is 15.3. The largest absolute Gasteiger partial charge is 0.367 e. The first kappa shape index (κ1) is 21.0. The fourth-order valence-corrected chi connectivity index (χ4v) is 3.68. The van der Waals surface area contributed by atoms with Crippen LogP contribution >= 0.6 is 0 Å². The Kier molecular flexibility index (Phi) is 6.69. The van der Waals surface area contributed by atoms with Gasteiger partial charge in [-0.3, -0.25) is 9.47 Å². The van der Waals surface area contributed by atoms with Gasteiger partial charge in [0.1, 0.15) is 6.33 Å². The highest BCUT2D eigenvalue weighted by Gasteiger charge is 2.19. The van der Waals surface area contributed by atoms with Crippen molar-refractivity contribution in [1.82, 2.24) is 24.4 Å². The molecule has 7 nitrogen and oxygen atoms in total. The van der Waals surface area contributed by atoms with Crippen LogP contribution in [-0.4, -0.2) is 49.6 Å². The van der Waals surface area contributed by atoms with Gasteiger partial charge >= 0.3 is 0 Å². The van der Waals surface area contributed by atoms with E-state index >= 15 is 0 Å². The number of hydrogen-bond donors (Lipinski definition) is 2.